The van der Waals surface area contributed by atoms with E-state index in [4.69, 9.17) is 5.73 Å². The van der Waals surface area contributed by atoms with E-state index in [0.717, 1.165) is 12.8 Å². The molecule has 0 heterocycles. The highest BCUT2D eigenvalue weighted by atomic mass is 14.6. The molecule has 2 aromatic rings. The van der Waals surface area contributed by atoms with Gasteiger partial charge in [-0.2, -0.15) is 0 Å². The lowest BCUT2D eigenvalue weighted by Crippen LogP contribution is -2.21. The first-order valence-electron chi connectivity index (χ1n) is 6.57. The lowest BCUT2D eigenvalue weighted by Gasteiger charge is -2.12. The topological polar surface area (TPSA) is 26.0 Å². The van der Waals surface area contributed by atoms with Gasteiger partial charge in [0, 0.05) is 6.04 Å². The molecule has 0 amide bonds. The maximum atomic E-state index is 6.09. The number of rotatable bonds is 3. The lowest BCUT2D eigenvalue weighted by molar-refractivity contribution is 0.649. The van der Waals surface area contributed by atoms with Crippen molar-refractivity contribution in [1.29, 1.82) is 0 Å². The van der Waals surface area contributed by atoms with E-state index in [0.29, 0.717) is 0 Å². The second kappa shape index (κ2) is 4.15. The Kier molecular flexibility index (Phi) is 2.64. The van der Waals surface area contributed by atoms with Crippen LogP contribution in [0.2, 0.25) is 0 Å². The fourth-order valence-corrected chi connectivity index (χ4v) is 2.91. The molecule has 1 aliphatic carbocycles. The summed E-state index contributed by atoms with van der Waals surface area (Å²) in [5.41, 5.74) is 10.5. The normalized spacial score (nSPS) is 15.4. The highest BCUT2D eigenvalue weighted by Gasteiger charge is 2.16. The number of hydrogen-bond acceptors (Lipinski definition) is 1. The maximum Gasteiger partial charge on any atom is 0.00769 e. The Hall–Kier alpha value is -1.34. The number of aryl methyl sites for hydroxylation is 2. The molecular formula is C16H19N. The van der Waals surface area contributed by atoms with Crippen molar-refractivity contribution in [3.8, 4) is 0 Å². The molecule has 0 fully saturated rings. The van der Waals surface area contributed by atoms with Gasteiger partial charge >= 0.3 is 0 Å². The second-order valence-corrected chi connectivity index (χ2v) is 5.10. The molecule has 1 aliphatic rings. The van der Waals surface area contributed by atoms with E-state index in [1.165, 1.54) is 40.3 Å². The Labute approximate surface area is 103 Å². The molecular weight excluding hydrogens is 206 g/mol. The highest BCUT2D eigenvalue weighted by Crippen LogP contribution is 2.33. The molecule has 0 saturated heterocycles. The molecule has 0 bridgehead atoms. The van der Waals surface area contributed by atoms with Crippen LogP contribution < -0.4 is 5.73 Å². The third-order valence-electron chi connectivity index (χ3n) is 3.97. The summed E-state index contributed by atoms with van der Waals surface area (Å²) in [7, 11) is 0. The van der Waals surface area contributed by atoms with Crippen molar-refractivity contribution in [1.82, 2.24) is 0 Å². The van der Waals surface area contributed by atoms with E-state index in [9.17, 15) is 0 Å². The summed E-state index contributed by atoms with van der Waals surface area (Å²) in [6, 6.07) is 11.6. The quantitative estimate of drug-likeness (QED) is 0.852. The molecule has 17 heavy (non-hydrogen) atoms. The average Bonchev–Trinajstić information content (AvgIpc) is 2.78. The zero-order valence-electron chi connectivity index (χ0n) is 10.4. The van der Waals surface area contributed by atoms with Crippen LogP contribution in [0.3, 0.4) is 0 Å². The van der Waals surface area contributed by atoms with Crippen molar-refractivity contribution in [3.63, 3.8) is 0 Å². The van der Waals surface area contributed by atoms with Gasteiger partial charge in [-0.15, -0.1) is 0 Å². The van der Waals surface area contributed by atoms with Crippen molar-refractivity contribution in [2.24, 2.45) is 5.73 Å². The molecule has 0 aromatic heterocycles. The molecule has 0 radical (unpaired) electrons. The molecule has 1 heteroatoms. The Morgan fingerprint density at radius 1 is 1.12 bits per heavy atom. The van der Waals surface area contributed by atoms with Crippen LogP contribution in [0.4, 0.5) is 0 Å². The predicted octanol–water partition coefficient (Wildman–Crippen LogP) is 3.22. The first-order chi connectivity index (χ1) is 8.29. The Balaban J connectivity index is 2.15. The summed E-state index contributed by atoms with van der Waals surface area (Å²) in [5.74, 6) is 0. The third-order valence-corrected chi connectivity index (χ3v) is 3.97. The third kappa shape index (κ3) is 1.75. The fourth-order valence-electron chi connectivity index (χ4n) is 2.91. The van der Waals surface area contributed by atoms with Gasteiger partial charge in [0.05, 0.1) is 0 Å². The van der Waals surface area contributed by atoms with Crippen molar-refractivity contribution < 1.29 is 0 Å². The zero-order valence-corrected chi connectivity index (χ0v) is 10.4. The van der Waals surface area contributed by atoms with Crippen LogP contribution in [0.15, 0.2) is 30.3 Å². The van der Waals surface area contributed by atoms with E-state index in [-0.39, 0.29) is 6.04 Å². The largest absolute Gasteiger partial charge is 0.327 e. The summed E-state index contributed by atoms with van der Waals surface area (Å²) in [5, 5.41) is 2.94. The zero-order chi connectivity index (χ0) is 11.8. The molecule has 88 valence electrons. The second-order valence-electron chi connectivity index (χ2n) is 5.10. The molecule has 1 nitrogen and oxygen atoms in total. The number of hydrogen-bond donors (Lipinski definition) is 1. The Morgan fingerprint density at radius 2 is 1.88 bits per heavy atom. The summed E-state index contributed by atoms with van der Waals surface area (Å²) in [6.07, 6.45) is 4.45. The van der Waals surface area contributed by atoms with Gasteiger partial charge in [0.2, 0.25) is 0 Å². The monoisotopic (exact) mass is 225 g/mol. The summed E-state index contributed by atoms with van der Waals surface area (Å²) >= 11 is 0. The van der Waals surface area contributed by atoms with Gasteiger partial charge in [-0.25, -0.2) is 0 Å². The van der Waals surface area contributed by atoms with Gasteiger partial charge in [-0.1, -0.05) is 37.3 Å². The average molecular weight is 225 g/mol. The lowest BCUT2D eigenvalue weighted by atomic mass is 9.95. The minimum absolute atomic E-state index is 0.286. The Morgan fingerprint density at radius 3 is 2.65 bits per heavy atom. The van der Waals surface area contributed by atoms with Gasteiger partial charge in [-0.3, -0.25) is 0 Å². The van der Waals surface area contributed by atoms with Crippen LogP contribution in [-0.2, 0) is 19.3 Å². The minimum atomic E-state index is 0.286. The van der Waals surface area contributed by atoms with Crippen molar-refractivity contribution in [2.45, 2.75) is 38.6 Å². The first kappa shape index (κ1) is 10.8. The minimum Gasteiger partial charge on any atom is -0.327 e. The molecule has 1 atom stereocenters. The van der Waals surface area contributed by atoms with Crippen LogP contribution >= 0.6 is 0 Å². The van der Waals surface area contributed by atoms with Crippen molar-refractivity contribution in [2.75, 3.05) is 0 Å². The Bertz CT molecular complexity index is 546. The highest BCUT2D eigenvalue weighted by molar-refractivity contribution is 5.93. The summed E-state index contributed by atoms with van der Waals surface area (Å²) in [6.45, 7) is 2.16. The van der Waals surface area contributed by atoms with E-state index >= 15 is 0 Å². The molecule has 1 unspecified atom stereocenters. The van der Waals surface area contributed by atoms with Gasteiger partial charge < -0.3 is 5.73 Å². The number of benzene rings is 2. The molecule has 0 spiro atoms. The van der Waals surface area contributed by atoms with Gasteiger partial charge in [0.1, 0.15) is 0 Å². The van der Waals surface area contributed by atoms with Gasteiger partial charge in [0.25, 0.3) is 0 Å². The van der Waals surface area contributed by atoms with E-state index < -0.39 is 0 Å². The first-order valence-corrected chi connectivity index (χ1v) is 6.57. The number of nitrogens with two attached hydrogens (primary N) is 1. The van der Waals surface area contributed by atoms with Crippen LogP contribution in [-0.4, -0.2) is 6.04 Å². The molecule has 0 saturated carbocycles. The summed E-state index contributed by atoms with van der Waals surface area (Å²) in [4.78, 5) is 0. The van der Waals surface area contributed by atoms with E-state index in [2.05, 4.69) is 37.3 Å². The van der Waals surface area contributed by atoms with Gasteiger partial charge in [0.15, 0.2) is 0 Å². The van der Waals surface area contributed by atoms with Crippen molar-refractivity contribution >= 4 is 10.8 Å². The molecule has 2 N–H and O–H groups in total. The maximum absolute atomic E-state index is 6.09. The molecule has 0 aliphatic heterocycles. The van der Waals surface area contributed by atoms with Crippen LogP contribution in [0, 0.1) is 0 Å². The standard InChI is InChI=1S/C16H19N/c1-2-14(17)10-13-9-8-12-7-6-11-4-3-5-15(13)16(11)12/h3-5,8-9,14H,2,6-7,10,17H2,1H3. The van der Waals surface area contributed by atoms with Crippen molar-refractivity contribution in [3.05, 3.63) is 47.0 Å². The SMILES string of the molecule is CCC(N)Cc1ccc2c3c(cccc13)CC2. The van der Waals surface area contributed by atoms with Crippen LogP contribution in [0.5, 0.6) is 0 Å². The van der Waals surface area contributed by atoms with Crippen LogP contribution in [0.1, 0.15) is 30.0 Å². The van der Waals surface area contributed by atoms with Crippen LogP contribution in [0.25, 0.3) is 10.8 Å². The van der Waals surface area contributed by atoms with E-state index in [1.54, 1.807) is 0 Å². The fraction of sp³-hybridized carbons (Fsp3) is 0.375. The molecule has 3 rings (SSSR count). The van der Waals surface area contributed by atoms with Gasteiger partial charge in [-0.05, 0) is 53.1 Å². The predicted molar refractivity (Wildman–Crippen MR) is 73.3 cm³/mol. The summed E-state index contributed by atoms with van der Waals surface area (Å²) < 4.78 is 0. The van der Waals surface area contributed by atoms with E-state index in [1.807, 2.05) is 0 Å². The smallest absolute Gasteiger partial charge is 0.00769 e. The molecule has 2 aromatic carbocycles.